The van der Waals surface area contributed by atoms with E-state index < -0.39 is 56.2 Å². The third-order valence-corrected chi connectivity index (χ3v) is 5.37. The molecule has 2 rings (SSSR count). The average molecular weight is 504 g/mol. The number of amides is 1. The van der Waals surface area contributed by atoms with Crippen molar-refractivity contribution in [3.8, 4) is 17.6 Å². The molecule has 0 aromatic heterocycles. The summed E-state index contributed by atoms with van der Waals surface area (Å²) in [6.45, 7) is 0.305. The smallest absolute Gasteiger partial charge is 0.420 e. The maximum atomic E-state index is 13.3. The van der Waals surface area contributed by atoms with Crippen LogP contribution in [0, 0.1) is 11.3 Å². The molecule has 0 bridgehead atoms. The van der Waals surface area contributed by atoms with E-state index in [0.29, 0.717) is 18.2 Å². The minimum atomic E-state index is -9.94. The van der Waals surface area contributed by atoms with Crippen molar-refractivity contribution < 1.29 is 46.9 Å². The fraction of sp³-hybridized carbons (Fsp3) is 0.263. The predicted octanol–water partition coefficient (Wildman–Crippen LogP) is 6.46. The van der Waals surface area contributed by atoms with Gasteiger partial charge in [0.15, 0.2) is 5.54 Å². The van der Waals surface area contributed by atoms with Crippen LogP contribution in [0.25, 0.3) is 0 Å². The van der Waals surface area contributed by atoms with Crippen LogP contribution in [0.2, 0.25) is 0 Å². The molecule has 0 aliphatic carbocycles. The molecule has 1 N–H and O–H groups in total. The molecule has 5 nitrogen and oxygen atoms in total. The van der Waals surface area contributed by atoms with Crippen LogP contribution in [0.15, 0.2) is 47.4 Å². The Labute approximate surface area is 182 Å². The Morgan fingerprint density at radius 2 is 1.64 bits per heavy atom. The Bertz CT molecular complexity index is 1100. The van der Waals surface area contributed by atoms with Gasteiger partial charge in [0.05, 0.1) is 13.2 Å². The summed E-state index contributed by atoms with van der Waals surface area (Å²) in [7, 11) is -8.78. The van der Waals surface area contributed by atoms with Crippen LogP contribution < -0.4 is 14.8 Å². The topological polar surface area (TPSA) is 71.3 Å². The van der Waals surface area contributed by atoms with Gasteiger partial charge in [-0.1, -0.05) is 19.4 Å². The first-order chi connectivity index (χ1) is 14.8. The second kappa shape index (κ2) is 7.68. The van der Waals surface area contributed by atoms with E-state index in [-0.39, 0.29) is 17.9 Å². The van der Waals surface area contributed by atoms with Gasteiger partial charge in [-0.15, -0.1) is 0 Å². The van der Waals surface area contributed by atoms with Crippen LogP contribution in [-0.4, -0.2) is 25.2 Å². The molecule has 182 valence electrons. The van der Waals surface area contributed by atoms with Gasteiger partial charge in [-0.3, -0.25) is 4.79 Å². The highest BCUT2D eigenvalue weighted by molar-refractivity contribution is 8.45. The Kier molecular flexibility index (Phi) is 6.07. The van der Waals surface area contributed by atoms with Crippen molar-refractivity contribution in [2.45, 2.75) is 23.5 Å². The first-order valence-electron chi connectivity index (χ1n) is 8.74. The molecule has 0 spiro atoms. The number of hydrogen-bond donors (Lipinski definition) is 1. The summed E-state index contributed by atoms with van der Waals surface area (Å²) in [5, 5.41) is 11.5. The van der Waals surface area contributed by atoms with Gasteiger partial charge in [-0.05, 0) is 49.4 Å². The molecule has 0 saturated heterocycles. The Morgan fingerprint density at radius 3 is 2.09 bits per heavy atom. The van der Waals surface area contributed by atoms with Crippen LogP contribution >= 0.6 is 10.2 Å². The van der Waals surface area contributed by atoms with Crippen molar-refractivity contribution in [1.29, 1.82) is 5.26 Å². The van der Waals surface area contributed by atoms with E-state index in [4.69, 9.17) is 9.47 Å². The third-order valence-electron chi connectivity index (χ3n) is 4.21. The standard InChI is InChI=1S/C19H16F8N2O3S/c1-18(10-28,11-32-16-8-5-13(31-2)9-15(16)19(20,21)22)29-17(30)12-3-6-14(7-4-12)33(23,24,25,26)27/h3-9H,11H2,1-2H3,(H,29,30). The van der Waals surface area contributed by atoms with Gasteiger partial charge in [0.25, 0.3) is 5.91 Å². The zero-order chi connectivity index (χ0) is 25.4. The van der Waals surface area contributed by atoms with Crippen LogP contribution in [0.4, 0.5) is 32.6 Å². The molecule has 14 heteroatoms. The highest BCUT2D eigenvalue weighted by Gasteiger charge is 2.65. The number of rotatable bonds is 7. The fourth-order valence-electron chi connectivity index (χ4n) is 2.49. The van der Waals surface area contributed by atoms with Crippen LogP contribution in [-0.2, 0) is 6.18 Å². The summed E-state index contributed by atoms with van der Waals surface area (Å²) in [4.78, 5) is 10.1. The minimum Gasteiger partial charge on any atom is -0.497 e. The first-order valence-corrected chi connectivity index (χ1v) is 10.7. The normalized spacial score (nSPS) is 15.9. The van der Waals surface area contributed by atoms with E-state index in [1.54, 1.807) is 6.07 Å². The highest BCUT2D eigenvalue weighted by Crippen LogP contribution is 3.02. The lowest BCUT2D eigenvalue weighted by Gasteiger charge is -2.40. The lowest BCUT2D eigenvalue weighted by molar-refractivity contribution is -0.139. The van der Waals surface area contributed by atoms with Crippen molar-refractivity contribution >= 4 is 16.1 Å². The monoisotopic (exact) mass is 504 g/mol. The van der Waals surface area contributed by atoms with Gasteiger partial charge >= 0.3 is 16.4 Å². The number of nitriles is 1. The Morgan fingerprint density at radius 1 is 1.06 bits per heavy atom. The summed E-state index contributed by atoms with van der Waals surface area (Å²) < 4.78 is 114. The minimum absolute atomic E-state index is 0.0175. The number of halogens is 8. The lowest BCUT2D eigenvalue weighted by Crippen LogP contribution is -2.49. The van der Waals surface area contributed by atoms with Crippen molar-refractivity contribution in [3.63, 3.8) is 0 Å². The molecule has 2 aromatic rings. The van der Waals surface area contributed by atoms with E-state index in [9.17, 15) is 42.7 Å². The molecule has 0 radical (unpaired) electrons. The van der Waals surface area contributed by atoms with E-state index in [1.807, 2.05) is 0 Å². The molecule has 1 unspecified atom stereocenters. The van der Waals surface area contributed by atoms with Crippen molar-refractivity contribution in [1.82, 2.24) is 5.32 Å². The Balaban J connectivity index is 2.21. The van der Waals surface area contributed by atoms with Gasteiger partial charge in [-0.25, -0.2) is 0 Å². The SMILES string of the molecule is COc1ccc(OCC(C)(C#N)NC(=O)c2ccc(S(F)(F)(F)(F)F)cc2)c(C(F)(F)F)c1. The number of carbonyl (C=O) groups is 1. The molecule has 2 aromatic carbocycles. The van der Waals surface area contributed by atoms with Crippen LogP contribution in [0.5, 0.6) is 11.5 Å². The number of benzene rings is 2. The molecule has 0 aliphatic rings. The van der Waals surface area contributed by atoms with E-state index in [1.165, 1.54) is 6.07 Å². The van der Waals surface area contributed by atoms with Crippen LogP contribution in [0.1, 0.15) is 22.8 Å². The number of nitrogens with one attached hydrogen (secondary N) is 1. The lowest BCUT2D eigenvalue weighted by atomic mass is 10.0. The fourth-order valence-corrected chi connectivity index (χ4v) is 3.14. The Hall–Kier alpha value is -3.21. The van der Waals surface area contributed by atoms with E-state index in [0.717, 1.165) is 20.1 Å². The van der Waals surface area contributed by atoms with Crippen molar-refractivity contribution in [3.05, 3.63) is 53.6 Å². The van der Waals surface area contributed by atoms with Crippen molar-refractivity contribution in [2.75, 3.05) is 13.7 Å². The average Bonchev–Trinajstić information content (AvgIpc) is 2.70. The summed E-state index contributed by atoms with van der Waals surface area (Å²) in [6.07, 6.45) is -4.83. The summed E-state index contributed by atoms with van der Waals surface area (Å²) in [5.41, 5.74) is -3.64. The van der Waals surface area contributed by atoms with Gasteiger partial charge < -0.3 is 14.8 Å². The number of carbonyl (C=O) groups excluding carboxylic acids is 1. The van der Waals surface area contributed by atoms with E-state index in [2.05, 4.69) is 5.32 Å². The van der Waals surface area contributed by atoms with Gasteiger partial charge in [0.2, 0.25) is 0 Å². The van der Waals surface area contributed by atoms with Gasteiger partial charge in [0.1, 0.15) is 28.6 Å². The summed E-state index contributed by atoms with van der Waals surface area (Å²) in [5.74, 6) is -1.91. The molecule has 33 heavy (non-hydrogen) atoms. The molecule has 0 fully saturated rings. The zero-order valence-electron chi connectivity index (χ0n) is 16.9. The second-order valence-electron chi connectivity index (χ2n) is 7.04. The molecule has 0 heterocycles. The number of nitrogens with zero attached hydrogens (tertiary/aromatic N) is 1. The molecule has 0 aliphatic heterocycles. The molecular formula is C19H16F8N2O3S. The summed E-state index contributed by atoms with van der Waals surface area (Å²) in [6, 6.07) is 5.40. The van der Waals surface area contributed by atoms with Gasteiger partial charge in [-0.2, -0.15) is 18.4 Å². The summed E-state index contributed by atoms with van der Waals surface area (Å²) >= 11 is 0. The van der Waals surface area contributed by atoms with Crippen molar-refractivity contribution in [2.24, 2.45) is 0 Å². The van der Waals surface area contributed by atoms with E-state index >= 15 is 0 Å². The third kappa shape index (κ3) is 6.64. The van der Waals surface area contributed by atoms with Gasteiger partial charge in [0, 0.05) is 5.56 Å². The number of methoxy groups -OCH3 is 1. The quantitative estimate of drug-likeness (QED) is 0.439. The second-order valence-corrected chi connectivity index (χ2v) is 9.45. The maximum absolute atomic E-state index is 13.3. The molecule has 1 atom stereocenters. The molecular weight excluding hydrogens is 488 g/mol. The molecule has 1 amide bonds. The number of alkyl halides is 3. The number of ether oxygens (including phenoxy) is 2. The maximum Gasteiger partial charge on any atom is 0.420 e. The zero-order valence-corrected chi connectivity index (χ0v) is 17.7. The molecule has 0 saturated carbocycles. The van der Waals surface area contributed by atoms with Crippen LogP contribution in [0.3, 0.4) is 0 Å². The highest BCUT2D eigenvalue weighted by atomic mass is 32.5. The first kappa shape index (κ1) is 26.0. The number of hydrogen-bond acceptors (Lipinski definition) is 4. The predicted molar refractivity (Wildman–Crippen MR) is 103 cm³/mol. The largest absolute Gasteiger partial charge is 0.497 e.